The molecule has 1 heterocycles. The Bertz CT molecular complexity index is 1130. The van der Waals surface area contributed by atoms with E-state index < -0.39 is 5.97 Å². The zero-order chi connectivity index (χ0) is 44.5. The van der Waals surface area contributed by atoms with Crippen molar-refractivity contribution in [2.75, 3.05) is 72.6 Å². The first-order chi connectivity index (χ1) is 30.7. The molecule has 0 aliphatic rings. The summed E-state index contributed by atoms with van der Waals surface area (Å²) in [6.07, 6.45) is 48.0. The Morgan fingerprint density at radius 2 is 1.02 bits per heavy atom. The molecule has 11 nitrogen and oxygen atoms in total. The second-order valence-corrected chi connectivity index (χ2v) is 16.6. The highest BCUT2D eigenvalue weighted by Crippen LogP contribution is 2.12. The summed E-state index contributed by atoms with van der Waals surface area (Å²) >= 11 is 0. The van der Waals surface area contributed by atoms with Crippen molar-refractivity contribution in [3.63, 3.8) is 0 Å². The number of hydrogen-bond acceptors (Lipinski definition) is 9. The molecule has 11 heteroatoms. The van der Waals surface area contributed by atoms with Gasteiger partial charge in [-0.15, -0.1) is 0 Å². The van der Waals surface area contributed by atoms with Crippen LogP contribution in [-0.2, 0) is 33.2 Å². The average Bonchev–Trinajstić information content (AvgIpc) is 3.83. The minimum absolute atomic E-state index is 0.145. The highest BCUT2D eigenvalue weighted by Gasteiger charge is 2.14. The number of H-pyrrole nitrogens is 1. The molecule has 0 bridgehead atoms. The van der Waals surface area contributed by atoms with Crippen LogP contribution in [0.3, 0.4) is 0 Å². The van der Waals surface area contributed by atoms with Gasteiger partial charge in [-0.05, 0) is 64.2 Å². The zero-order valence-corrected chi connectivity index (χ0v) is 39.8. The first kappa shape index (κ1) is 57.4. The van der Waals surface area contributed by atoms with Gasteiger partial charge in [-0.1, -0.05) is 154 Å². The molecule has 1 aromatic heterocycles. The van der Waals surface area contributed by atoms with Crippen molar-refractivity contribution in [3.8, 4) is 0 Å². The summed E-state index contributed by atoms with van der Waals surface area (Å²) in [4.78, 5) is 30.9. The summed E-state index contributed by atoms with van der Waals surface area (Å²) in [6, 6.07) is 0. The van der Waals surface area contributed by atoms with Gasteiger partial charge in [0.05, 0.1) is 46.0 Å². The standard InChI is InChI=1S/C51H93N3O8/c1-3-5-7-9-11-13-15-17-19-21-23-25-27-29-31-33-36-59-44-48(61-37-34-32-30-28-26-24-22-20-18-16-14-12-10-8-6-4-2)45-62-50(55)46-60-42-41-58-40-39-57-38-35-53-51(56)49-43-52-47-54-49/h17-20,43,47-48H,3-16,21-42,44-46H2,1-2H3,(H,52,54)(H,53,56)/b19-17-,20-18-. The summed E-state index contributed by atoms with van der Waals surface area (Å²) in [7, 11) is 0. The molecule has 1 rings (SSSR count). The molecular formula is C51H93N3O8. The predicted octanol–water partition coefficient (Wildman–Crippen LogP) is 12.2. The summed E-state index contributed by atoms with van der Waals surface area (Å²) in [5.74, 6) is -0.675. The van der Waals surface area contributed by atoms with E-state index in [9.17, 15) is 9.59 Å². The van der Waals surface area contributed by atoms with Crippen molar-refractivity contribution in [1.29, 1.82) is 0 Å². The lowest BCUT2D eigenvalue weighted by Crippen LogP contribution is -2.29. The lowest BCUT2D eigenvalue weighted by Gasteiger charge is -2.18. The molecule has 1 unspecified atom stereocenters. The maximum absolute atomic E-state index is 12.4. The molecule has 0 spiro atoms. The number of nitrogens with one attached hydrogen (secondary N) is 2. The molecule has 0 radical (unpaired) electrons. The number of ether oxygens (including phenoxy) is 6. The smallest absolute Gasteiger partial charge is 0.332 e. The summed E-state index contributed by atoms with van der Waals surface area (Å²) < 4.78 is 34.1. The quantitative estimate of drug-likeness (QED) is 0.0373. The van der Waals surface area contributed by atoms with E-state index in [0.29, 0.717) is 58.5 Å². The van der Waals surface area contributed by atoms with Crippen LogP contribution in [-0.4, -0.2) is 101 Å². The van der Waals surface area contributed by atoms with E-state index in [1.54, 1.807) is 0 Å². The SMILES string of the molecule is CCCCCCCC/C=C\CCCCCCCCOCC(COC(=O)COCCOCCOCCNC(=O)c1c[nH]cn1)OCCCCCCCC/C=C\CCCCCCCC. The van der Waals surface area contributed by atoms with Crippen LogP contribution >= 0.6 is 0 Å². The molecule has 360 valence electrons. The van der Waals surface area contributed by atoms with E-state index in [0.717, 1.165) is 19.3 Å². The fourth-order valence-electron chi connectivity index (χ4n) is 6.94. The first-order valence-corrected chi connectivity index (χ1v) is 25.3. The number of aromatic nitrogens is 2. The molecule has 0 aromatic carbocycles. The van der Waals surface area contributed by atoms with Crippen LogP contribution in [0.15, 0.2) is 36.8 Å². The van der Waals surface area contributed by atoms with Crippen molar-refractivity contribution in [2.24, 2.45) is 0 Å². The van der Waals surface area contributed by atoms with Crippen LogP contribution in [0, 0.1) is 0 Å². The van der Waals surface area contributed by atoms with Crippen LogP contribution in [0.1, 0.15) is 204 Å². The minimum atomic E-state index is -0.427. The van der Waals surface area contributed by atoms with Gasteiger partial charge in [-0.3, -0.25) is 4.79 Å². The Labute approximate surface area is 379 Å². The van der Waals surface area contributed by atoms with Crippen molar-refractivity contribution in [2.45, 2.75) is 200 Å². The summed E-state index contributed by atoms with van der Waals surface area (Å²) in [6.45, 7) is 8.42. The molecule has 0 fully saturated rings. The lowest BCUT2D eigenvalue weighted by atomic mass is 10.1. The topological polar surface area (TPSA) is 130 Å². The highest BCUT2D eigenvalue weighted by atomic mass is 16.6. The van der Waals surface area contributed by atoms with Gasteiger partial charge in [0.2, 0.25) is 0 Å². The number of unbranched alkanes of at least 4 members (excludes halogenated alkanes) is 24. The van der Waals surface area contributed by atoms with Gasteiger partial charge in [0.1, 0.15) is 25.0 Å². The van der Waals surface area contributed by atoms with Gasteiger partial charge < -0.3 is 38.7 Å². The van der Waals surface area contributed by atoms with E-state index >= 15 is 0 Å². The Morgan fingerprint density at radius 1 is 0.548 bits per heavy atom. The number of esters is 1. The highest BCUT2D eigenvalue weighted by molar-refractivity contribution is 5.91. The van der Waals surface area contributed by atoms with Crippen molar-refractivity contribution < 1.29 is 38.0 Å². The Hall–Kier alpha value is -2.57. The summed E-state index contributed by atoms with van der Waals surface area (Å²) in [5, 5.41) is 2.73. The monoisotopic (exact) mass is 876 g/mol. The number of carbonyl (C=O) groups is 2. The van der Waals surface area contributed by atoms with Gasteiger partial charge in [0.15, 0.2) is 0 Å². The molecule has 0 aliphatic carbocycles. The van der Waals surface area contributed by atoms with Crippen LogP contribution in [0.2, 0.25) is 0 Å². The molecule has 0 saturated heterocycles. The third kappa shape index (κ3) is 41.4. The van der Waals surface area contributed by atoms with Crippen molar-refractivity contribution >= 4 is 11.9 Å². The fourth-order valence-corrected chi connectivity index (χ4v) is 6.94. The van der Waals surface area contributed by atoms with E-state index in [1.807, 2.05) is 0 Å². The predicted molar refractivity (Wildman–Crippen MR) is 254 cm³/mol. The fraction of sp³-hybridized carbons (Fsp3) is 0.824. The summed E-state index contributed by atoms with van der Waals surface area (Å²) in [5.41, 5.74) is 0.341. The number of hydrogen-bond donors (Lipinski definition) is 2. The molecule has 62 heavy (non-hydrogen) atoms. The zero-order valence-electron chi connectivity index (χ0n) is 39.8. The van der Waals surface area contributed by atoms with E-state index in [1.165, 1.54) is 173 Å². The van der Waals surface area contributed by atoms with Gasteiger partial charge in [0, 0.05) is 26.0 Å². The number of imidazole rings is 1. The normalized spacial score (nSPS) is 12.2. The van der Waals surface area contributed by atoms with Crippen molar-refractivity contribution in [3.05, 3.63) is 42.5 Å². The third-order valence-electron chi connectivity index (χ3n) is 10.8. The van der Waals surface area contributed by atoms with Gasteiger partial charge in [0.25, 0.3) is 5.91 Å². The number of allylic oxidation sites excluding steroid dienone is 4. The Balaban J connectivity index is 2.16. The molecule has 0 saturated carbocycles. The van der Waals surface area contributed by atoms with E-state index in [4.69, 9.17) is 28.4 Å². The van der Waals surface area contributed by atoms with Crippen LogP contribution in [0.25, 0.3) is 0 Å². The molecule has 1 aromatic rings. The number of rotatable bonds is 49. The van der Waals surface area contributed by atoms with Gasteiger partial charge in [-0.2, -0.15) is 0 Å². The molecule has 1 amide bonds. The van der Waals surface area contributed by atoms with Gasteiger partial charge >= 0.3 is 5.97 Å². The Kier molecular flexibility index (Phi) is 44.4. The number of aromatic amines is 1. The van der Waals surface area contributed by atoms with Gasteiger partial charge in [-0.25, -0.2) is 9.78 Å². The third-order valence-corrected chi connectivity index (χ3v) is 10.8. The molecule has 1 atom stereocenters. The van der Waals surface area contributed by atoms with E-state index in [2.05, 4.69) is 53.4 Å². The number of carbonyl (C=O) groups excluding carboxylic acids is 2. The lowest BCUT2D eigenvalue weighted by molar-refractivity contribution is -0.155. The average molecular weight is 876 g/mol. The number of amides is 1. The second kappa shape index (κ2) is 47.9. The first-order valence-electron chi connectivity index (χ1n) is 25.3. The van der Waals surface area contributed by atoms with Crippen LogP contribution in [0.4, 0.5) is 0 Å². The van der Waals surface area contributed by atoms with E-state index in [-0.39, 0.29) is 31.8 Å². The van der Waals surface area contributed by atoms with Crippen LogP contribution in [0.5, 0.6) is 0 Å². The molecular weight excluding hydrogens is 783 g/mol. The molecule has 0 aliphatic heterocycles. The van der Waals surface area contributed by atoms with Crippen molar-refractivity contribution in [1.82, 2.24) is 15.3 Å². The van der Waals surface area contributed by atoms with Crippen LogP contribution < -0.4 is 5.32 Å². The maximum Gasteiger partial charge on any atom is 0.332 e. The largest absolute Gasteiger partial charge is 0.461 e. The minimum Gasteiger partial charge on any atom is -0.461 e. The number of nitrogens with zero attached hydrogens (tertiary/aromatic N) is 1. The molecule has 2 N–H and O–H groups in total. The Morgan fingerprint density at radius 3 is 1.53 bits per heavy atom. The maximum atomic E-state index is 12.4. The second-order valence-electron chi connectivity index (χ2n) is 16.6.